The molecule has 1 saturated heterocycles. The Morgan fingerprint density at radius 3 is 2.52 bits per heavy atom. The molecule has 1 fully saturated rings. The van der Waals surface area contributed by atoms with Gasteiger partial charge in [-0.25, -0.2) is 0 Å². The van der Waals surface area contributed by atoms with Gasteiger partial charge in [0.15, 0.2) is 0 Å². The Morgan fingerprint density at radius 2 is 1.95 bits per heavy atom. The van der Waals surface area contributed by atoms with Crippen LogP contribution in [-0.4, -0.2) is 19.0 Å². The van der Waals surface area contributed by atoms with Crippen molar-refractivity contribution in [1.29, 1.82) is 10.5 Å². The fraction of sp³-hybridized carbons (Fsp3) is 0.267. The van der Waals surface area contributed by atoms with Crippen molar-refractivity contribution in [3.8, 4) is 12.1 Å². The highest BCUT2D eigenvalue weighted by Crippen LogP contribution is 2.28. The molecule has 0 unspecified atom stereocenters. The lowest BCUT2D eigenvalue weighted by Gasteiger charge is -2.21. The lowest BCUT2D eigenvalue weighted by atomic mass is 10.1. The predicted molar refractivity (Wildman–Crippen MR) is 79.3 cm³/mol. The minimum atomic E-state index is -0.464. The first-order valence-corrected chi connectivity index (χ1v) is 6.61. The molecular weight excluding hydrogens is 266 g/mol. The van der Waals surface area contributed by atoms with Crippen molar-refractivity contribution in [2.45, 2.75) is 12.8 Å². The Labute approximate surface area is 123 Å². The number of nitrogens with zero attached hydrogens (tertiary/aromatic N) is 3. The Morgan fingerprint density at radius 1 is 1.29 bits per heavy atom. The zero-order chi connectivity index (χ0) is 15.2. The maximum absolute atomic E-state index is 11.5. The zero-order valence-electron chi connectivity index (χ0n) is 11.5. The lowest BCUT2D eigenvalue weighted by molar-refractivity contribution is 0.100. The highest BCUT2D eigenvalue weighted by Gasteiger charge is 2.18. The second kappa shape index (κ2) is 6.44. The van der Waals surface area contributed by atoms with Crippen LogP contribution in [0.25, 0.3) is 0 Å². The fourth-order valence-electron chi connectivity index (χ4n) is 2.29. The molecule has 0 bridgehead atoms. The number of hydrogen-bond donors (Lipinski definition) is 2. The highest BCUT2D eigenvalue weighted by atomic mass is 16.1. The van der Waals surface area contributed by atoms with Crippen LogP contribution in [0.15, 0.2) is 30.0 Å². The summed E-state index contributed by atoms with van der Waals surface area (Å²) < 4.78 is 0. The summed E-state index contributed by atoms with van der Waals surface area (Å²) in [6.07, 6.45) is 3.51. The topological polar surface area (TPSA) is 106 Å². The first kappa shape index (κ1) is 14.4. The summed E-state index contributed by atoms with van der Waals surface area (Å²) in [6.45, 7) is 1.78. The van der Waals surface area contributed by atoms with Gasteiger partial charge in [0.1, 0.15) is 17.7 Å². The third-order valence-electron chi connectivity index (χ3n) is 3.33. The maximum atomic E-state index is 11.5. The second-order valence-electron chi connectivity index (χ2n) is 4.72. The average molecular weight is 281 g/mol. The minimum absolute atomic E-state index is 0.0169. The number of carbonyl (C=O) groups is 1. The van der Waals surface area contributed by atoms with Crippen LogP contribution < -0.4 is 16.0 Å². The number of benzene rings is 1. The Hall–Kier alpha value is -2.99. The van der Waals surface area contributed by atoms with Crippen LogP contribution in [0.1, 0.15) is 23.2 Å². The van der Waals surface area contributed by atoms with Crippen LogP contribution in [0.5, 0.6) is 0 Å². The van der Waals surface area contributed by atoms with E-state index in [1.54, 1.807) is 24.3 Å². The molecule has 6 heteroatoms. The summed E-state index contributed by atoms with van der Waals surface area (Å²) in [7, 11) is 0. The van der Waals surface area contributed by atoms with Crippen molar-refractivity contribution >= 4 is 17.3 Å². The number of primary amides is 1. The van der Waals surface area contributed by atoms with E-state index < -0.39 is 5.91 Å². The molecule has 21 heavy (non-hydrogen) atoms. The van der Waals surface area contributed by atoms with Crippen molar-refractivity contribution in [3.63, 3.8) is 0 Å². The summed E-state index contributed by atoms with van der Waals surface area (Å²) >= 11 is 0. The van der Waals surface area contributed by atoms with Gasteiger partial charge in [-0.3, -0.25) is 4.79 Å². The summed E-state index contributed by atoms with van der Waals surface area (Å²) in [5, 5.41) is 20.3. The Bertz CT molecular complexity index is 644. The van der Waals surface area contributed by atoms with Gasteiger partial charge in [0.25, 0.3) is 5.91 Å². The van der Waals surface area contributed by atoms with E-state index in [9.17, 15) is 4.79 Å². The van der Waals surface area contributed by atoms with E-state index in [4.69, 9.17) is 16.3 Å². The molecule has 3 N–H and O–H groups in total. The minimum Gasteiger partial charge on any atom is -0.371 e. The average Bonchev–Trinajstić information content (AvgIpc) is 3.02. The van der Waals surface area contributed by atoms with Gasteiger partial charge in [-0.05, 0) is 31.0 Å². The van der Waals surface area contributed by atoms with Crippen molar-refractivity contribution in [2.24, 2.45) is 5.73 Å². The van der Waals surface area contributed by atoms with Crippen LogP contribution in [0, 0.1) is 22.7 Å². The molecule has 0 aliphatic carbocycles. The molecule has 1 aliphatic rings. The molecule has 1 amide bonds. The monoisotopic (exact) mass is 281 g/mol. The van der Waals surface area contributed by atoms with Gasteiger partial charge in [0.2, 0.25) is 0 Å². The summed E-state index contributed by atoms with van der Waals surface area (Å²) in [4.78, 5) is 13.6. The SMILES string of the molecule is N#CC(C#N)=CNc1ccc(C(N)=O)c(N2CCCC2)c1. The van der Waals surface area contributed by atoms with Crippen LogP contribution in [-0.2, 0) is 0 Å². The quantitative estimate of drug-likeness (QED) is 0.817. The molecule has 2 rings (SSSR count). The van der Waals surface area contributed by atoms with Gasteiger partial charge < -0.3 is 16.0 Å². The third-order valence-corrected chi connectivity index (χ3v) is 3.33. The molecule has 0 saturated carbocycles. The number of nitriles is 2. The number of anilines is 2. The van der Waals surface area contributed by atoms with Gasteiger partial charge in [0, 0.05) is 25.0 Å². The number of nitrogens with one attached hydrogen (secondary N) is 1. The van der Waals surface area contributed by atoms with Gasteiger partial charge in [0.05, 0.1) is 11.3 Å². The van der Waals surface area contributed by atoms with Crippen LogP contribution in [0.2, 0.25) is 0 Å². The first-order chi connectivity index (χ1) is 10.2. The largest absolute Gasteiger partial charge is 0.371 e. The van der Waals surface area contributed by atoms with Gasteiger partial charge in [-0.1, -0.05) is 0 Å². The van der Waals surface area contributed by atoms with Gasteiger partial charge in [-0.2, -0.15) is 10.5 Å². The van der Waals surface area contributed by atoms with E-state index in [1.165, 1.54) is 6.20 Å². The number of nitrogens with two attached hydrogens (primary N) is 1. The molecule has 0 aromatic heterocycles. The third kappa shape index (κ3) is 3.31. The van der Waals surface area contributed by atoms with E-state index in [-0.39, 0.29) is 5.57 Å². The molecular formula is C15H15N5O. The molecule has 0 radical (unpaired) electrons. The molecule has 6 nitrogen and oxygen atoms in total. The fourth-order valence-corrected chi connectivity index (χ4v) is 2.29. The molecule has 1 aromatic rings. The maximum Gasteiger partial charge on any atom is 0.250 e. The standard InChI is InChI=1S/C15H15N5O/c16-8-11(9-17)10-19-12-3-4-13(15(18)21)14(7-12)20-5-1-2-6-20/h3-4,7,10,19H,1-2,5-6H2,(H2,18,21). The van der Waals surface area contributed by atoms with E-state index in [2.05, 4.69) is 10.2 Å². The van der Waals surface area contributed by atoms with Crippen molar-refractivity contribution in [3.05, 3.63) is 35.5 Å². The molecule has 0 spiro atoms. The smallest absolute Gasteiger partial charge is 0.250 e. The van der Waals surface area contributed by atoms with Crippen molar-refractivity contribution in [1.82, 2.24) is 0 Å². The van der Waals surface area contributed by atoms with E-state index in [0.29, 0.717) is 11.3 Å². The van der Waals surface area contributed by atoms with E-state index in [0.717, 1.165) is 31.6 Å². The summed E-state index contributed by atoms with van der Waals surface area (Å²) in [5.74, 6) is -0.464. The van der Waals surface area contributed by atoms with Gasteiger partial charge >= 0.3 is 0 Å². The van der Waals surface area contributed by atoms with Crippen LogP contribution in [0.4, 0.5) is 11.4 Å². The molecule has 1 heterocycles. The Balaban J connectivity index is 2.31. The van der Waals surface area contributed by atoms with E-state index >= 15 is 0 Å². The molecule has 1 aliphatic heterocycles. The number of allylic oxidation sites excluding steroid dienone is 1. The normalized spacial score (nSPS) is 13.1. The van der Waals surface area contributed by atoms with E-state index in [1.807, 2.05) is 6.07 Å². The number of hydrogen-bond acceptors (Lipinski definition) is 5. The number of amides is 1. The second-order valence-corrected chi connectivity index (χ2v) is 4.72. The number of rotatable bonds is 4. The van der Waals surface area contributed by atoms with Crippen molar-refractivity contribution in [2.75, 3.05) is 23.3 Å². The highest BCUT2D eigenvalue weighted by molar-refractivity contribution is 5.99. The van der Waals surface area contributed by atoms with Crippen molar-refractivity contribution < 1.29 is 4.79 Å². The molecule has 106 valence electrons. The number of carbonyl (C=O) groups excluding carboxylic acids is 1. The first-order valence-electron chi connectivity index (χ1n) is 6.61. The zero-order valence-corrected chi connectivity index (χ0v) is 11.5. The molecule has 0 atom stereocenters. The van der Waals surface area contributed by atoms with Gasteiger partial charge in [-0.15, -0.1) is 0 Å². The van der Waals surface area contributed by atoms with Crippen LogP contribution in [0.3, 0.4) is 0 Å². The summed E-state index contributed by atoms with van der Waals surface area (Å²) in [6, 6.07) is 8.72. The Kier molecular flexibility index (Phi) is 4.43. The van der Waals surface area contributed by atoms with Crippen LogP contribution >= 0.6 is 0 Å². The summed E-state index contributed by atoms with van der Waals surface area (Å²) in [5.41, 5.74) is 7.36. The lowest BCUT2D eigenvalue weighted by Crippen LogP contribution is -2.23. The predicted octanol–water partition coefficient (Wildman–Crippen LogP) is 1.73. The molecule has 1 aromatic carbocycles.